The highest BCUT2D eigenvalue weighted by Gasteiger charge is 2.23. The Hall–Kier alpha value is -2.28. The van der Waals surface area contributed by atoms with Crippen LogP contribution in [0.4, 0.5) is 0 Å². The van der Waals surface area contributed by atoms with Gasteiger partial charge in [0.25, 0.3) is 0 Å². The molecule has 0 amide bonds. The third-order valence-electron chi connectivity index (χ3n) is 4.27. The molecule has 1 aliphatic heterocycles. The smallest absolute Gasteiger partial charge is 0.248 e. The van der Waals surface area contributed by atoms with Gasteiger partial charge in [-0.3, -0.25) is 0 Å². The van der Waals surface area contributed by atoms with Gasteiger partial charge >= 0.3 is 0 Å². The van der Waals surface area contributed by atoms with E-state index in [0.29, 0.717) is 18.4 Å². The molecule has 3 aromatic rings. The molecule has 4 rings (SSSR count). The Morgan fingerprint density at radius 3 is 2.91 bits per heavy atom. The maximum Gasteiger partial charge on any atom is 0.248 e. The summed E-state index contributed by atoms with van der Waals surface area (Å²) >= 11 is 0. The van der Waals surface area contributed by atoms with Crippen LogP contribution in [0, 0.1) is 0 Å². The van der Waals surface area contributed by atoms with Crippen molar-refractivity contribution in [1.82, 2.24) is 30.0 Å². The van der Waals surface area contributed by atoms with Gasteiger partial charge in [0.1, 0.15) is 12.1 Å². The number of rotatable bonds is 3. The van der Waals surface area contributed by atoms with Crippen LogP contribution in [0.25, 0.3) is 11.0 Å². The molecule has 7 nitrogen and oxygen atoms in total. The summed E-state index contributed by atoms with van der Waals surface area (Å²) in [6, 6.07) is 7.85. The predicted molar refractivity (Wildman–Crippen MR) is 80.4 cm³/mol. The van der Waals surface area contributed by atoms with Crippen molar-refractivity contribution in [1.29, 1.82) is 0 Å². The minimum absolute atomic E-state index is 0.404. The average Bonchev–Trinajstić information content (AvgIpc) is 3.16. The van der Waals surface area contributed by atoms with Crippen molar-refractivity contribution in [3.63, 3.8) is 0 Å². The molecule has 0 bridgehead atoms. The van der Waals surface area contributed by atoms with Gasteiger partial charge in [-0.25, -0.2) is 4.68 Å². The lowest BCUT2D eigenvalue weighted by Crippen LogP contribution is -2.29. The molecular formula is C15H18N6O. The maximum absolute atomic E-state index is 5.40. The number of aromatic nitrogens is 5. The number of benzene rings is 1. The van der Waals surface area contributed by atoms with Crippen molar-refractivity contribution in [2.24, 2.45) is 0 Å². The van der Waals surface area contributed by atoms with Gasteiger partial charge in [-0.15, -0.1) is 5.10 Å². The fraction of sp³-hybridized carbons (Fsp3) is 0.467. The monoisotopic (exact) mass is 298 g/mol. The fourth-order valence-corrected chi connectivity index (χ4v) is 2.93. The molecule has 22 heavy (non-hydrogen) atoms. The maximum atomic E-state index is 5.40. The third kappa shape index (κ3) is 2.48. The van der Waals surface area contributed by atoms with Crippen LogP contribution in [-0.2, 0) is 6.54 Å². The molecule has 1 aliphatic rings. The van der Waals surface area contributed by atoms with Crippen LogP contribution in [0.5, 0.6) is 0 Å². The first-order chi connectivity index (χ1) is 10.8. The number of piperidine rings is 1. The summed E-state index contributed by atoms with van der Waals surface area (Å²) in [5.41, 5.74) is 1.85. The standard InChI is InChI=1S/C15H18N6O/c1-20-8-6-11(7-9-20)15-16-14(22-18-15)10-21-13-5-3-2-4-12(13)17-19-21/h2-5,11H,6-10H2,1H3. The summed E-state index contributed by atoms with van der Waals surface area (Å²) < 4.78 is 7.20. The lowest BCUT2D eigenvalue weighted by atomic mass is 9.97. The second kappa shape index (κ2) is 5.49. The topological polar surface area (TPSA) is 72.9 Å². The lowest BCUT2D eigenvalue weighted by molar-refractivity contribution is 0.248. The van der Waals surface area contributed by atoms with Gasteiger partial charge in [-0.1, -0.05) is 22.5 Å². The van der Waals surface area contributed by atoms with E-state index < -0.39 is 0 Å². The number of hydrogen-bond acceptors (Lipinski definition) is 6. The van der Waals surface area contributed by atoms with Gasteiger partial charge in [-0.2, -0.15) is 4.98 Å². The van der Waals surface area contributed by atoms with E-state index in [1.54, 1.807) is 4.68 Å². The lowest BCUT2D eigenvalue weighted by Gasteiger charge is -2.26. The Labute approximate surface area is 127 Å². The van der Waals surface area contributed by atoms with E-state index in [-0.39, 0.29) is 0 Å². The molecule has 114 valence electrons. The van der Waals surface area contributed by atoms with Crippen LogP contribution in [0.2, 0.25) is 0 Å². The quantitative estimate of drug-likeness (QED) is 0.732. The fourth-order valence-electron chi connectivity index (χ4n) is 2.93. The second-order valence-electron chi connectivity index (χ2n) is 5.86. The SMILES string of the molecule is CN1CCC(c2noc(Cn3nnc4ccccc43)n2)CC1. The molecule has 7 heteroatoms. The molecule has 3 heterocycles. The normalized spacial score (nSPS) is 17.3. The summed E-state index contributed by atoms with van der Waals surface area (Å²) in [5, 5.41) is 12.5. The van der Waals surface area contributed by atoms with Gasteiger partial charge in [0.05, 0.1) is 5.52 Å². The summed E-state index contributed by atoms with van der Waals surface area (Å²) in [7, 11) is 2.15. The van der Waals surface area contributed by atoms with Crippen LogP contribution < -0.4 is 0 Å². The van der Waals surface area contributed by atoms with Crippen LogP contribution >= 0.6 is 0 Å². The van der Waals surface area contributed by atoms with E-state index in [2.05, 4.69) is 32.4 Å². The minimum atomic E-state index is 0.404. The number of nitrogens with zero attached hydrogens (tertiary/aromatic N) is 6. The third-order valence-corrected chi connectivity index (χ3v) is 4.27. The molecular weight excluding hydrogens is 280 g/mol. The number of para-hydroxylation sites is 1. The van der Waals surface area contributed by atoms with Crippen LogP contribution in [0.3, 0.4) is 0 Å². The number of likely N-dealkylation sites (tertiary alicyclic amines) is 1. The van der Waals surface area contributed by atoms with Gasteiger partial charge < -0.3 is 9.42 Å². The van der Waals surface area contributed by atoms with E-state index in [9.17, 15) is 0 Å². The molecule has 0 unspecified atom stereocenters. The number of hydrogen-bond donors (Lipinski definition) is 0. The Morgan fingerprint density at radius 2 is 2.05 bits per heavy atom. The van der Waals surface area contributed by atoms with Crippen LogP contribution in [0.15, 0.2) is 28.8 Å². The van der Waals surface area contributed by atoms with Crippen LogP contribution in [0.1, 0.15) is 30.5 Å². The van der Waals surface area contributed by atoms with Crippen molar-refractivity contribution < 1.29 is 4.52 Å². The van der Waals surface area contributed by atoms with Crippen LogP contribution in [-0.4, -0.2) is 50.2 Å². The largest absolute Gasteiger partial charge is 0.337 e. The van der Waals surface area contributed by atoms with Gasteiger partial charge in [-0.05, 0) is 45.1 Å². The molecule has 1 aromatic carbocycles. The van der Waals surface area contributed by atoms with E-state index in [1.165, 1.54) is 0 Å². The van der Waals surface area contributed by atoms with Gasteiger partial charge in [0.15, 0.2) is 5.82 Å². The molecule has 2 aromatic heterocycles. The van der Waals surface area contributed by atoms with E-state index in [4.69, 9.17) is 4.52 Å². The molecule has 0 atom stereocenters. The summed E-state index contributed by atoms with van der Waals surface area (Å²) in [6.45, 7) is 2.63. The molecule has 1 saturated heterocycles. The van der Waals surface area contributed by atoms with Crippen molar-refractivity contribution in [2.45, 2.75) is 25.3 Å². The van der Waals surface area contributed by atoms with Gasteiger partial charge in [0.2, 0.25) is 5.89 Å². The van der Waals surface area contributed by atoms with Crippen molar-refractivity contribution in [3.05, 3.63) is 36.0 Å². The Kier molecular flexibility index (Phi) is 3.34. The number of fused-ring (bicyclic) bond motifs is 1. The molecule has 0 saturated carbocycles. The Balaban J connectivity index is 1.52. The summed E-state index contributed by atoms with van der Waals surface area (Å²) in [6.07, 6.45) is 2.17. The van der Waals surface area contributed by atoms with E-state index in [0.717, 1.165) is 42.8 Å². The first-order valence-corrected chi connectivity index (χ1v) is 7.59. The van der Waals surface area contributed by atoms with E-state index >= 15 is 0 Å². The summed E-state index contributed by atoms with van der Waals surface area (Å²) in [5.74, 6) is 1.82. The molecule has 0 N–H and O–H groups in total. The zero-order valence-electron chi connectivity index (χ0n) is 12.5. The average molecular weight is 298 g/mol. The highest BCUT2D eigenvalue weighted by molar-refractivity contribution is 5.73. The molecule has 1 fully saturated rings. The first-order valence-electron chi connectivity index (χ1n) is 7.59. The molecule has 0 aliphatic carbocycles. The predicted octanol–water partition coefficient (Wildman–Crippen LogP) is 1.67. The minimum Gasteiger partial charge on any atom is -0.337 e. The van der Waals surface area contributed by atoms with Crippen molar-refractivity contribution >= 4 is 11.0 Å². The Morgan fingerprint density at radius 1 is 1.23 bits per heavy atom. The zero-order chi connectivity index (χ0) is 14.9. The van der Waals surface area contributed by atoms with E-state index in [1.807, 2.05) is 24.3 Å². The summed E-state index contributed by atoms with van der Waals surface area (Å²) in [4.78, 5) is 6.89. The highest BCUT2D eigenvalue weighted by Crippen LogP contribution is 2.25. The zero-order valence-corrected chi connectivity index (χ0v) is 12.5. The van der Waals surface area contributed by atoms with Gasteiger partial charge in [0, 0.05) is 5.92 Å². The second-order valence-corrected chi connectivity index (χ2v) is 5.86. The van der Waals surface area contributed by atoms with Crippen molar-refractivity contribution in [2.75, 3.05) is 20.1 Å². The first kappa shape index (κ1) is 13.4. The van der Waals surface area contributed by atoms with Crippen molar-refractivity contribution in [3.8, 4) is 0 Å². The highest BCUT2D eigenvalue weighted by atomic mass is 16.5. The molecule has 0 radical (unpaired) electrons. The molecule has 0 spiro atoms. The Bertz CT molecular complexity index is 771.